The minimum atomic E-state index is -0.413. The number of amides is 1. The molecule has 1 aromatic heterocycles. The monoisotopic (exact) mass is 514 g/mol. The fourth-order valence-corrected chi connectivity index (χ4v) is 4.48. The Hall–Kier alpha value is -3.20. The summed E-state index contributed by atoms with van der Waals surface area (Å²) in [6.07, 6.45) is 0. The van der Waals surface area contributed by atoms with Gasteiger partial charge in [-0.05, 0) is 42.5 Å². The molecule has 0 radical (unpaired) electrons. The van der Waals surface area contributed by atoms with Crippen molar-refractivity contribution in [2.24, 2.45) is 0 Å². The molecular formula is C24H17Cl2FN4O2S. The zero-order chi connectivity index (χ0) is 24.1. The topological polar surface area (TPSA) is 76.9 Å². The summed E-state index contributed by atoms with van der Waals surface area (Å²) in [6.45, 7) is 0.0232. The number of ketones is 1. The predicted molar refractivity (Wildman–Crippen MR) is 130 cm³/mol. The molecule has 0 aliphatic carbocycles. The first-order valence-corrected chi connectivity index (χ1v) is 11.8. The molecule has 0 bridgehead atoms. The van der Waals surface area contributed by atoms with Crippen LogP contribution in [0.5, 0.6) is 0 Å². The highest BCUT2D eigenvalue weighted by molar-refractivity contribution is 7.99. The number of aromatic nitrogens is 3. The van der Waals surface area contributed by atoms with Gasteiger partial charge in [0.25, 0.3) is 5.91 Å². The summed E-state index contributed by atoms with van der Waals surface area (Å²) in [6, 6.07) is 19.3. The summed E-state index contributed by atoms with van der Waals surface area (Å²) in [5.74, 6) is -0.330. The molecule has 1 heterocycles. The van der Waals surface area contributed by atoms with Crippen molar-refractivity contribution in [3.8, 4) is 5.69 Å². The molecule has 4 aromatic rings. The number of benzene rings is 3. The molecule has 10 heteroatoms. The molecule has 0 atom stereocenters. The van der Waals surface area contributed by atoms with Gasteiger partial charge in [0.05, 0.1) is 22.9 Å². The van der Waals surface area contributed by atoms with Crippen molar-refractivity contribution in [1.29, 1.82) is 0 Å². The van der Waals surface area contributed by atoms with Crippen LogP contribution in [0, 0.1) is 5.82 Å². The second kappa shape index (κ2) is 10.8. The van der Waals surface area contributed by atoms with Crippen LogP contribution in [0.3, 0.4) is 0 Å². The van der Waals surface area contributed by atoms with E-state index in [0.29, 0.717) is 27.3 Å². The molecule has 0 fully saturated rings. The SMILES string of the molecule is O=C(CSc1nnc(CNC(=O)c2ccc(Cl)cc2Cl)n1-c1ccc(F)cc1)c1ccccc1. The minimum absolute atomic E-state index is 0.0232. The van der Waals surface area contributed by atoms with Crippen LogP contribution in [0.1, 0.15) is 26.5 Å². The lowest BCUT2D eigenvalue weighted by atomic mass is 10.2. The van der Waals surface area contributed by atoms with Crippen molar-refractivity contribution in [2.75, 3.05) is 5.75 Å². The van der Waals surface area contributed by atoms with Gasteiger partial charge in [-0.15, -0.1) is 10.2 Å². The number of carbonyl (C=O) groups excluding carboxylic acids is 2. The van der Waals surface area contributed by atoms with E-state index in [-0.39, 0.29) is 28.7 Å². The Morgan fingerprint density at radius 3 is 2.41 bits per heavy atom. The number of nitrogens with one attached hydrogen (secondary N) is 1. The summed E-state index contributed by atoms with van der Waals surface area (Å²) < 4.78 is 15.2. The molecule has 172 valence electrons. The van der Waals surface area contributed by atoms with Crippen LogP contribution in [0.15, 0.2) is 78.0 Å². The van der Waals surface area contributed by atoms with Gasteiger partial charge in [-0.3, -0.25) is 14.2 Å². The molecule has 1 amide bonds. The van der Waals surface area contributed by atoms with Gasteiger partial charge in [0.2, 0.25) is 0 Å². The van der Waals surface area contributed by atoms with E-state index >= 15 is 0 Å². The third-order valence-electron chi connectivity index (χ3n) is 4.80. The van der Waals surface area contributed by atoms with E-state index in [1.807, 2.05) is 6.07 Å². The number of halogens is 3. The lowest BCUT2D eigenvalue weighted by Gasteiger charge is -2.11. The zero-order valence-electron chi connectivity index (χ0n) is 17.5. The van der Waals surface area contributed by atoms with Crippen molar-refractivity contribution < 1.29 is 14.0 Å². The minimum Gasteiger partial charge on any atom is -0.345 e. The highest BCUT2D eigenvalue weighted by Gasteiger charge is 2.18. The van der Waals surface area contributed by atoms with Crippen LogP contribution in [0.25, 0.3) is 5.69 Å². The number of hydrogen-bond acceptors (Lipinski definition) is 5. The van der Waals surface area contributed by atoms with Crippen LogP contribution < -0.4 is 5.32 Å². The molecule has 0 spiro atoms. The van der Waals surface area contributed by atoms with E-state index in [2.05, 4.69) is 15.5 Å². The van der Waals surface area contributed by atoms with E-state index in [0.717, 1.165) is 0 Å². The fraction of sp³-hybridized carbons (Fsp3) is 0.0833. The molecule has 0 saturated carbocycles. The van der Waals surface area contributed by atoms with Gasteiger partial charge < -0.3 is 5.32 Å². The maximum atomic E-state index is 13.5. The van der Waals surface area contributed by atoms with Crippen molar-refractivity contribution in [2.45, 2.75) is 11.7 Å². The molecule has 0 unspecified atom stereocenters. The van der Waals surface area contributed by atoms with Gasteiger partial charge in [-0.25, -0.2) is 4.39 Å². The first-order chi connectivity index (χ1) is 16.4. The van der Waals surface area contributed by atoms with Crippen LogP contribution in [-0.4, -0.2) is 32.2 Å². The van der Waals surface area contributed by atoms with Crippen molar-refractivity contribution in [3.63, 3.8) is 0 Å². The van der Waals surface area contributed by atoms with E-state index in [4.69, 9.17) is 23.2 Å². The second-order valence-corrected chi connectivity index (χ2v) is 8.88. The van der Waals surface area contributed by atoms with Crippen molar-refractivity contribution in [3.05, 3.63) is 106 Å². The van der Waals surface area contributed by atoms with Gasteiger partial charge in [0.15, 0.2) is 16.8 Å². The molecule has 3 aromatic carbocycles. The molecule has 34 heavy (non-hydrogen) atoms. The normalized spacial score (nSPS) is 10.8. The van der Waals surface area contributed by atoms with Crippen LogP contribution >= 0.6 is 35.0 Å². The molecule has 6 nitrogen and oxygen atoms in total. The highest BCUT2D eigenvalue weighted by atomic mass is 35.5. The van der Waals surface area contributed by atoms with Gasteiger partial charge in [-0.2, -0.15) is 0 Å². The third-order valence-corrected chi connectivity index (χ3v) is 6.27. The Balaban J connectivity index is 1.56. The first kappa shape index (κ1) is 23.9. The largest absolute Gasteiger partial charge is 0.345 e. The Labute approximate surface area is 209 Å². The molecular weight excluding hydrogens is 498 g/mol. The average molecular weight is 515 g/mol. The standard InChI is InChI=1S/C24H17Cl2FN4O2S/c25-16-6-11-19(20(26)12-16)23(33)28-13-22-29-30-24(31(22)18-9-7-17(27)8-10-18)34-14-21(32)15-4-2-1-3-5-15/h1-12H,13-14H2,(H,28,33). The maximum absolute atomic E-state index is 13.5. The zero-order valence-corrected chi connectivity index (χ0v) is 19.9. The van der Waals surface area contributed by atoms with E-state index < -0.39 is 11.7 Å². The van der Waals surface area contributed by atoms with E-state index in [1.54, 1.807) is 47.0 Å². The number of Topliss-reactive ketones (excluding diaryl/α,β-unsaturated/α-hetero) is 1. The fourth-order valence-electron chi connectivity index (χ4n) is 3.12. The maximum Gasteiger partial charge on any atom is 0.253 e. The summed E-state index contributed by atoms with van der Waals surface area (Å²) in [7, 11) is 0. The lowest BCUT2D eigenvalue weighted by molar-refractivity contribution is 0.0949. The summed E-state index contributed by atoms with van der Waals surface area (Å²) in [5, 5.41) is 12.2. The smallest absolute Gasteiger partial charge is 0.253 e. The molecule has 1 N–H and O–H groups in total. The van der Waals surface area contributed by atoms with Gasteiger partial charge >= 0.3 is 0 Å². The molecule has 4 rings (SSSR count). The number of hydrogen-bond donors (Lipinski definition) is 1. The van der Waals surface area contributed by atoms with Crippen LogP contribution in [0.4, 0.5) is 4.39 Å². The van der Waals surface area contributed by atoms with Gasteiger partial charge in [0, 0.05) is 16.3 Å². The predicted octanol–water partition coefficient (Wildman–Crippen LogP) is 5.62. The number of carbonyl (C=O) groups is 2. The second-order valence-electron chi connectivity index (χ2n) is 7.10. The molecule has 0 aliphatic heterocycles. The van der Waals surface area contributed by atoms with E-state index in [1.165, 1.54) is 36.0 Å². The van der Waals surface area contributed by atoms with Gasteiger partial charge in [-0.1, -0.05) is 65.3 Å². The Morgan fingerprint density at radius 1 is 0.971 bits per heavy atom. The van der Waals surface area contributed by atoms with Crippen LogP contribution in [0.2, 0.25) is 10.0 Å². The summed E-state index contributed by atoms with van der Waals surface area (Å²) in [5.41, 5.74) is 1.45. The third kappa shape index (κ3) is 5.64. The summed E-state index contributed by atoms with van der Waals surface area (Å²) >= 11 is 13.2. The number of nitrogens with zero attached hydrogens (tertiary/aromatic N) is 3. The lowest BCUT2D eigenvalue weighted by Crippen LogP contribution is -2.25. The summed E-state index contributed by atoms with van der Waals surface area (Å²) in [4.78, 5) is 25.2. The highest BCUT2D eigenvalue weighted by Crippen LogP contribution is 2.24. The van der Waals surface area contributed by atoms with Crippen molar-refractivity contribution >= 4 is 46.7 Å². The number of rotatable bonds is 8. The molecule has 0 aliphatic rings. The number of thioether (sulfide) groups is 1. The Kier molecular flexibility index (Phi) is 7.62. The van der Waals surface area contributed by atoms with Gasteiger partial charge in [0.1, 0.15) is 5.82 Å². The molecule has 0 saturated heterocycles. The average Bonchev–Trinajstić information content (AvgIpc) is 3.24. The first-order valence-electron chi connectivity index (χ1n) is 10.1. The van der Waals surface area contributed by atoms with Crippen molar-refractivity contribution in [1.82, 2.24) is 20.1 Å². The quantitative estimate of drug-likeness (QED) is 0.244. The van der Waals surface area contributed by atoms with Crippen LogP contribution in [-0.2, 0) is 6.54 Å². The Bertz CT molecular complexity index is 1330. The Morgan fingerprint density at radius 2 is 1.71 bits per heavy atom. The van der Waals surface area contributed by atoms with E-state index in [9.17, 15) is 14.0 Å².